The normalized spacial score (nSPS) is 10.9. The van der Waals surface area contributed by atoms with E-state index >= 15 is 0 Å². The molecule has 6 nitrogen and oxygen atoms in total. The second-order valence-electron chi connectivity index (χ2n) is 3.92. The molecule has 3 aromatic rings. The lowest BCUT2D eigenvalue weighted by Gasteiger charge is -1.94. The van der Waals surface area contributed by atoms with Crippen molar-refractivity contribution in [3.8, 4) is 5.88 Å². The molecular weight excluding hydrogens is 232 g/mol. The number of rotatable bonds is 2. The van der Waals surface area contributed by atoms with Gasteiger partial charge >= 0.3 is 0 Å². The van der Waals surface area contributed by atoms with Crippen molar-refractivity contribution in [2.24, 2.45) is 0 Å². The van der Waals surface area contributed by atoms with E-state index in [0.29, 0.717) is 12.2 Å². The maximum atomic E-state index is 11.2. The van der Waals surface area contributed by atoms with Crippen molar-refractivity contribution in [2.45, 2.75) is 6.42 Å². The number of fused-ring (bicyclic) bond motifs is 1. The fraction of sp³-hybridized carbons (Fsp3) is 0.0833. The van der Waals surface area contributed by atoms with Gasteiger partial charge in [0, 0.05) is 6.42 Å². The average molecular weight is 242 g/mol. The summed E-state index contributed by atoms with van der Waals surface area (Å²) >= 11 is 0. The van der Waals surface area contributed by atoms with Gasteiger partial charge in [0.25, 0.3) is 5.56 Å². The van der Waals surface area contributed by atoms with Crippen LogP contribution < -0.4 is 5.56 Å². The van der Waals surface area contributed by atoms with Crippen LogP contribution in [-0.2, 0) is 6.42 Å². The van der Waals surface area contributed by atoms with Crippen LogP contribution in [-0.4, -0.2) is 24.7 Å². The lowest BCUT2D eigenvalue weighted by atomic mass is 10.1. The predicted molar refractivity (Wildman–Crippen MR) is 64.5 cm³/mol. The number of aromatic amines is 1. The van der Waals surface area contributed by atoms with E-state index in [-0.39, 0.29) is 11.7 Å². The van der Waals surface area contributed by atoms with Gasteiger partial charge in [-0.1, -0.05) is 30.3 Å². The van der Waals surface area contributed by atoms with Crippen molar-refractivity contribution in [2.75, 3.05) is 0 Å². The Morgan fingerprint density at radius 1 is 1.28 bits per heavy atom. The van der Waals surface area contributed by atoms with Gasteiger partial charge in [0.1, 0.15) is 0 Å². The van der Waals surface area contributed by atoms with Gasteiger partial charge in [0.15, 0.2) is 5.82 Å². The highest BCUT2D eigenvalue weighted by molar-refractivity contribution is 5.31. The molecule has 6 heteroatoms. The van der Waals surface area contributed by atoms with E-state index in [0.717, 1.165) is 11.6 Å². The first-order valence-electron chi connectivity index (χ1n) is 5.44. The fourth-order valence-electron chi connectivity index (χ4n) is 1.77. The van der Waals surface area contributed by atoms with Crippen LogP contribution in [0.1, 0.15) is 11.4 Å². The molecule has 0 amide bonds. The second kappa shape index (κ2) is 3.99. The van der Waals surface area contributed by atoms with E-state index in [1.165, 1.54) is 4.52 Å². The molecule has 0 aliphatic carbocycles. The molecule has 18 heavy (non-hydrogen) atoms. The number of hydrogen-bond donors (Lipinski definition) is 2. The van der Waals surface area contributed by atoms with Gasteiger partial charge < -0.3 is 5.11 Å². The van der Waals surface area contributed by atoms with Gasteiger partial charge in [-0.2, -0.15) is 9.50 Å². The van der Waals surface area contributed by atoms with E-state index in [2.05, 4.69) is 15.1 Å². The van der Waals surface area contributed by atoms with E-state index in [4.69, 9.17) is 0 Å². The van der Waals surface area contributed by atoms with Crippen LogP contribution in [0.15, 0.2) is 41.2 Å². The van der Waals surface area contributed by atoms with Crippen LogP contribution in [0.2, 0.25) is 0 Å². The first kappa shape index (κ1) is 10.5. The predicted octanol–water partition coefficient (Wildman–Crippen LogP) is 0.714. The number of nitrogens with zero attached hydrogens (tertiary/aromatic N) is 3. The Morgan fingerprint density at radius 3 is 2.83 bits per heavy atom. The standard InChI is InChI=1S/C12H10N4O2/c17-10-7-11(18)16-12(14-10)13-9(15-16)6-8-4-2-1-3-5-8/h1-5,7,18H,6H2,(H,13,14,15,17). The molecule has 2 aromatic heterocycles. The van der Waals surface area contributed by atoms with Crippen LogP contribution in [0.5, 0.6) is 5.88 Å². The van der Waals surface area contributed by atoms with Gasteiger partial charge in [-0.05, 0) is 5.56 Å². The third-order valence-corrected chi connectivity index (χ3v) is 2.57. The molecule has 0 spiro atoms. The lowest BCUT2D eigenvalue weighted by molar-refractivity contribution is 0.433. The van der Waals surface area contributed by atoms with E-state index in [9.17, 15) is 9.90 Å². The van der Waals surface area contributed by atoms with Crippen molar-refractivity contribution in [1.82, 2.24) is 19.6 Å². The van der Waals surface area contributed by atoms with E-state index < -0.39 is 5.56 Å². The molecule has 3 rings (SSSR count). The third kappa shape index (κ3) is 1.84. The maximum absolute atomic E-state index is 11.2. The molecule has 0 unspecified atom stereocenters. The molecular formula is C12H10N4O2. The molecule has 0 aliphatic heterocycles. The largest absolute Gasteiger partial charge is 0.493 e. The van der Waals surface area contributed by atoms with Crippen molar-refractivity contribution in [3.05, 3.63) is 58.1 Å². The van der Waals surface area contributed by atoms with Crippen LogP contribution >= 0.6 is 0 Å². The molecule has 0 aliphatic rings. The lowest BCUT2D eigenvalue weighted by Crippen LogP contribution is -2.07. The first-order chi connectivity index (χ1) is 8.72. The monoisotopic (exact) mass is 242 g/mol. The summed E-state index contributed by atoms with van der Waals surface area (Å²) in [7, 11) is 0. The molecule has 0 radical (unpaired) electrons. The molecule has 0 saturated heterocycles. The summed E-state index contributed by atoms with van der Waals surface area (Å²) < 4.78 is 1.21. The van der Waals surface area contributed by atoms with Gasteiger partial charge in [-0.15, -0.1) is 5.10 Å². The summed E-state index contributed by atoms with van der Waals surface area (Å²) in [4.78, 5) is 17.9. The zero-order chi connectivity index (χ0) is 12.5. The van der Waals surface area contributed by atoms with Crippen LogP contribution in [0.25, 0.3) is 5.78 Å². The van der Waals surface area contributed by atoms with Crippen LogP contribution in [0.4, 0.5) is 0 Å². The van der Waals surface area contributed by atoms with Crippen molar-refractivity contribution in [1.29, 1.82) is 0 Å². The quantitative estimate of drug-likeness (QED) is 0.693. The summed E-state index contributed by atoms with van der Waals surface area (Å²) in [6, 6.07) is 10.8. The Hall–Kier alpha value is -2.63. The smallest absolute Gasteiger partial charge is 0.256 e. The Morgan fingerprint density at radius 2 is 2.06 bits per heavy atom. The van der Waals surface area contributed by atoms with Crippen molar-refractivity contribution < 1.29 is 5.11 Å². The van der Waals surface area contributed by atoms with Crippen LogP contribution in [0.3, 0.4) is 0 Å². The minimum Gasteiger partial charge on any atom is -0.493 e. The first-order valence-corrected chi connectivity index (χ1v) is 5.44. The molecule has 2 heterocycles. The number of hydrogen-bond acceptors (Lipinski definition) is 4. The fourth-order valence-corrected chi connectivity index (χ4v) is 1.77. The van der Waals surface area contributed by atoms with E-state index in [1.54, 1.807) is 0 Å². The van der Waals surface area contributed by atoms with E-state index in [1.807, 2.05) is 30.3 Å². The van der Waals surface area contributed by atoms with Crippen LogP contribution in [0, 0.1) is 0 Å². The summed E-state index contributed by atoms with van der Waals surface area (Å²) in [5, 5.41) is 13.7. The van der Waals surface area contributed by atoms with Crippen molar-refractivity contribution >= 4 is 5.78 Å². The minimum absolute atomic E-state index is 0.222. The highest BCUT2D eigenvalue weighted by Crippen LogP contribution is 2.09. The van der Waals surface area contributed by atoms with Gasteiger partial charge in [-0.25, -0.2) is 0 Å². The zero-order valence-corrected chi connectivity index (χ0v) is 9.37. The Balaban J connectivity index is 2.04. The Bertz CT molecular complexity index is 746. The maximum Gasteiger partial charge on any atom is 0.256 e. The third-order valence-electron chi connectivity index (χ3n) is 2.57. The number of aromatic nitrogens is 4. The SMILES string of the molecule is O=c1cc(O)n2nc(Cc3ccccc3)nc2[nH]1. The zero-order valence-electron chi connectivity index (χ0n) is 9.37. The summed E-state index contributed by atoms with van der Waals surface area (Å²) in [6.07, 6.45) is 0.546. The van der Waals surface area contributed by atoms with Crippen molar-refractivity contribution in [3.63, 3.8) is 0 Å². The number of nitrogens with one attached hydrogen (secondary N) is 1. The Kier molecular flexibility index (Phi) is 2.33. The van der Waals surface area contributed by atoms with Gasteiger partial charge in [0.2, 0.25) is 11.7 Å². The summed E-state index contributed by atoms with van der Waals surface area (Å²) in [5.74, 6) is 0.560. The number of benzene rings is 1. The molecule has 0 bridgehead atoms. The van der Waals surface area contributed by atoms with Gasteiger partial charge in [-0.3, -0.25) is 9.78 Å². The minimum atomic E-state index is -0.404. The molecule has 0 atom stereocenters. The molecule has 1 aromatic carbocycles. The Labute approximate surface area is 102 Å². The average Bonchev–Trinajstić information content (AvgIpc) is 2.73. The topological polar surface area (TPSA) is 83.3 Å². The van der Waals surface area contributed by atoms with Gasteiger partial charge in [0.05, 0.1) is 6.07 Å². The summed E-state index contributed by atoms with van der Waals surface area (Å²) in [6.45, 7) is 0. The number of aromatic hydroxyl groups is 1. The molecule has 90 valence electrons. The highest BCUT2D eigenvalue weighted by Gasteiger charge is 2.08. The molecule has 2 N–H and O–H groups in total. The summed E-state index contributed by atoms with van der Waals surface area (Å²) in [5.41, 5.74) is 0.661. The highest BCUT2D eigenvalue weighted by atomic mass is 16.3. The molecule has 0 saturated carbocycles. The number of H-pyrrole nitrogens is 1. The molecule has 0 fully saturated rings. The second-order valence-corrected chi connectivity index (χ2v) is 3.92.